The zero-order chi connectivity index (χ0) is 24.7. The number of carbonyl (C=O) groups excluding carboxylic acids is 1. The van der Waals surface area contributed by atoms with Crippen molar-refractivity contribution in [3.05, 3.63) is 63.1 Å². The summed E-state index contributed by atoms with van der Waals surface area (Å²) in [7, 11) is 3.34. The molecule has 0 saturated carbocycles. The average Bonchev–Trinajstić information content (AvgIpc) is 3.13. The van der Waals surface area contributed by atoms with Crippen LogP contribution in [0.15, 0.2) is 42.5 Å². The highest BCUT2D eigenvalue weighted by molar-refractivity contribution is 6.35. The summed E-state index contributed by atoms with van der Waals surface area (Å²) < 4.78 is 0. The van der Waals surface area contributed by atoms with Crippen LogP contribution in [-0.4, -0.2) is 59.8 Å². The van der Waals surface area contributed by atoms with Crippen molar-refractivity contribution < 1.29 is 14.7 Å². The van der Waals surface area contributed by atoms with Crippen LogP contribution in [0.5, 0.6) is 0 Å². The normalized spacial score (nSPS) is 20.6. The van der Waals surface area contributed by atoms with Gasteiger partial charge in [0.2, 0.25) is 0 Å². The number of anilines is 1. The van der Waals surface area contributed by atoms with Gasteiger partial charge in [-0.25, -0.2) is 9.59 Å². The molecule has 0 aromatic heterocycles. The Bertz CT molecular complexity index is 1020. The highest BCUT2D eigenvalue weighted by Gasteiger charge is 2.52. The highest BCUT2D eigenvalue weighted by atomic mass is 35.5. The summed E-state index contributed by atoms with van der Waals surface area (Å²) in [5, 5.41) is 11.4. The van der Waals surface area contributed by atoms with E-state index in [0.29, 0.717) is 20.8 Å². The monoisotopic (exact) mass is 511 g/mol. The van der Waals surface area contributed by atoms with Gasteiger partial charge in [0, 0.05) is 53.4 Å². The molecule has 0 radical (unpaired) electrons. The van der Waals surface area contributed by atoms with Crippen LogP contribution in [0.3, 0.4) is 0 Å². The first-order valence-corrected chi connectivity index (χ1v) is 11.7. The molecule has 9 heteroatoms. The minimum atomic E-state index is -1.01. The molecule has 1 unspecified atom stereocenters. The Hall–Kier alpha value is -2.15. The van der Waals surface area contributed by atoms with Gasteiger partial charge in [-0.2, -0.15) is 0 Å². The topological polar surface area (TPSA) is 64.1 Å². The Morgan fingerprint density at radius 1 is 0.970 bits per heavy atom. The molecule has 1 aliphatic heterocycles. The van der Waals surface area contributed by atoms with Crippen molar-refractivity contribution >= 4 is 52.6 Å². The van der Waals surface area contributed by atoms with Crippen molar-refractivity contribution in [3.8, 4) is 0 Å². The number of halogens is 3. The van der Waals surface area contributed by atoms with Crippen molar-refractivity contribution in [2.75, 3.05) is 25.5 Å². The second-order valence-corrected chi connectivity index (χ2v) is 10.8. The number of carboxylic acid groups (broad SMARTS) is 1. The van der Waals surface area contributed by atoms with Crippen LogP contribution in [0, 0.1) is 5.41 Å². The van der Waals surface area contributed by atoms with E-state index >= 15 is 0 Å². The van der Waals surface area contributed by atoms with E-state index in [9.17, 15) is 14.7 Å². The second-order valence-electron chi connectivity index (χ2n) is 9.47. The molecule has 178 valence electrons. The van der Waals surface area contributed by atoms with Crippen molar-refractivity contribution in [2.45, 2.75) is 38.8 Å². The van der Waals surface area contributed by atoms with Crippen molar-refractivity contribution in [2.24, 2.45) is 5.41 Å². The molecule has 3 atom stereocenters. The number of hydrogen-bond donors (Lipinski definition) is 1. The minimum Gasteiger partial charge on any atom is -0.465 e. The van der Waals surface area contributed by atoms with E-state index in [-0.39, 0.29) is 30.0 Å². The fourth-order valence-corrected chi connectivity index (χ4v) is 5.35. The number of nitrogens with zero attached hydrogens (tertiary/aromatic N) is 3. The summed E-state index contributed by atoms with van der Waals surface area (Å²) in [5.74, 6) is -0.247. The van der Waals surface area contributed by atoms with E-state index in [1.54, 1.807) is 49.3 Å². The maximum atomic E-state index is 13.5. The molecule has 1 fully saturated rings. The van der Waals surface area contributed by atoms with Crippen molar-refractivity contribution in [3.63, 3.8) is 0 Å². The summed E-state index contributed by atoms with van der Waals surface area (Å²) in [4.78, 5) is 30.2. The molecule has 1 heterocycles. The van der Waals surface area contributed by atoms with Gasteiger partial charge in [-0.05, 0) is 41.3 Å². The molecular formula is C24H28Cl3N3O3. The Kier molecular flexibility index (Phi) is 7.42. The van der Waals surface area contributed by atoms with Gasteiger partial charge in [-0.3, -0.25) is 4.90 Å². The van der Waals surface area contributed by atoms with Crippen LogP contribution in [0.2, 0.25) is 15.1 Å². The van der Waals surface area contributed by atoms with Gasteiger partial charge in [-0.15, -0.1) is 0 Å². The van der Waals surface area contributed by atoms with Crippen molar-refractivity contribution in [1.29, 1.82) is 0 Å². The Balaban J connectivity index is 2.02. The van der Waals surface area contributed by atoms with E-state index < -0.39 is 12.1 Å². The lowest BCUT2D eigenvalue weighted by atomic mass is 9.75. The molecule has 3 rings (SSSR count). The molecule has 0 bridgehead atoms. The molecular weight excluding hydrogens is 485 g/mol. The van der Waals surface area contributed by atoms with Gasteiger partial charge >= 0.3 is 12.1 Å². The SMILES string of the molecule is CN(C(=O)N(C)[C@H]1CN(C(=O)O)C(C(C)(C)C)[C@@H]1c1ccc(Cl)cc1)c1cc(Cl)cc(Cl)c1. The summed E-state index contributed by atoms with van der Waals surface area (Å²) >= 11 is 18.4. The van der Waals surface area contributed by atoms with E-state index in [1.165, 1.54) is 9.80 Å². The molecule has 0 aliphatic carbocycles. The predicted octanol–water partition coefficient (Wildman–Crippen LogP) is 6.70. The molecule has 33 heavy (non-hydrogen) atoms. The Labute approximate surface area is 209 Å². The molecule has 0 spiro atoms. The molecule has 2 aromatic rings. The maximum Gasteiger partial charge on any atom is 0.407 e. The molecule has 6 nitrogen and oxygen atoms in total. The van der Waals surface area contributed by atoms with Crippen LogP contribution in [-0.2, 0) is 0 Å². The number of rotatable bonds is 3. The van der Waals surface area contributed by atoms with E-state index in [0.717, 1.165) is 5.56 Å². The smallest absolute Gasteiger partial charge is 0.407 e. The number of likely N-dealkylation sites (tertiary alicyclic amines) is 1. The zero-order valence-corrected chi connectivity index (χ0v) is 21.5. The lowest BCUT2D eigenvalue weighted by molar-refractivity contribution is 0.101. The van der Waals surface area contributed by atoms with E-state index in [1.807, 2.05) is 32.9 Å². The van der Waals surface area contributed by atoms with Gasteiger partial charge in [0.1, 0.15) is 0 Å². The van der Waals surface area contributed by atoms with Crippen LogP contribution in [0.1, 0.15) is 32.3 Å². The summed E-state index contributed by atoms with van der Waals surface area (Å²) in [6.45, 7) is 6.24. The average molecular weight is 513 g/mol. The first-order valence-electron chi connectivity index (χ1n) is 10.5. The minimum absolute atomic E-state index is 0.191. The van der Waals surface area contributed by atoms with Gasteiger partial charge in [0.25, 0.3) is 0 Å². The van der Waals surface area contributed by atoms with Crippen LogP contribution in [0.25, 0.3) is 0 Å². The molecule has 3 amide bonds. The number of hydrogen-bond acceptors (Lipinski definition) is 2. The second kappa shape index (κ2) is 9.61. The number of benzene rings is 2. The van der Waals surface area contributed by atoms with E-state index in [4.69, 9.17) is 34.8 Å². The predicted molar refractivity (Wildman–Crippen MR) is 134 cm³/mol. The number of amides is 3. The number of urea groups is 1. The summed E-state index contributed by atoms with van der Waals surface area (Å²) in [6.07, 6.45) is -1.01. The quantitative estimate of drug-likeness (QED) is 0.498. The zero-order valence-electron chi connectivity index (χ0n) is 19.2. The first-order chi connectivity index (χ1) is 15.3. The summed E-state index contributed by atoms with van der Waals surface area (Å²) in [5.41, 5.74) is 1.11. The van der Waals surface area contributed by atoms with Gasteiger partial charge in [-0.1, -0.05) is 67.7 Å². The Morgan fingerprint density at radius 2 is 1.52 bits per heavy atom. The molecule has 2 aromatic carbocycles. The lowest BCUT2D eigenvalue weighted by Gasteiger charge is -2.39. The molecule has 1 N–H and O–H groups in total. The highest BCUT2D eigenvalue weighted by Crippen LogP contribution is 2.45. The third kappa shape index (κ3) is 5.34. The van der Waals surface area contributed by atoms with Gasteiger partial charge in [0.15, 0.2) is 0 Å². The van der Waals surface area contributed by atoms with Gasteiger partial charge < -0.3 is 14.9 Å². The molecule has 1 saturated heterocycles. The van der Waals surface area contributed by atoms with Gasteiger partial charge in [0.05, 0.1) is 6.04 Å². The maximum absolute atomic E-state index is 13.5. The van der Waals surface area contributed by atoms with Crippen molar-refractivity contribution in [1.82, 2.24) is 9.80 Å². The summed E-state index contributed by atoms with van der Waals surface area (Å²) in [6, 6.07) is 11.3. The number of carbonyl (C=O) groups is 2. The third-order valence-electron chi connectivity index (χ3n) is 6.18. The van der Waals surface area contributed by atoms with Crippen LogP contribution in [0.4, 0.5) is 15.3 Å². The third-order valence-corrected chi connectivity index (χ3v) is 6.87. The molecule has 1 aliphatic rings. The lowest BCUT2D eigenvalue weighted by Crippen LogP contribution is -2.48. The fourth-order valence-electron chi connectivity index (χ4n) is 4.71. The van der Waals surface area contributed by atoms with Crippen LogP contribution >= 0.6 is 34.8 Å². The standard InChI is InChI=1S/C24H28Cl3N3O3/c1-24(2,3)21-20(14-6-8-15(25)9-7-14)19(13-30(21)23(32)33)29(5)22(31)28(4)18-11-16(26)10-17(27)12-18/h6-12,19-21H,13H2,1-5H3,(H,32,33)/t19-,20+,21?/m0/s1. The Morgan fingerprint density at radius 3 is 2.00 bits per heavy atom. The first kappa shape index (κ1) is 25.5. The van der Waals surface area contributed by atoms with E-state index in [2.05, 4.69) is 0 Å². The largest absolute Gasteiger partial charge is 0.465 e. The fraction of sp³-hybridized carbons (Fsp3) is 0.417. The van der Waals surface area contributed by atoms with Crippen LogP contribution < -0.4 is 4.90 Å². The number of likely N-dealkylation sites (N-methyl/N-ethyl adjacent to an activating group) is 1.